The van der Waals surface area contributed by atoms with Gasteiger partial charge in [0.05, 0.1) is 17.8 Å². The summed E-state index contributed by atoms with van der Waals surface area (Å²) in [6.45, 7) is 0.344. The van der Waals surface area contributed by atoms with Gasteiger partial charge >= 0.3 is 0 Å². The molecule has 0 spiro atoms. The van der Waals surface area contributed by atoms with Crippen LogP contribution in [0.15, 0.2) is 27.9 Å². The van der Waals surface area contributed by atoms with Crippen LogP contribution in [0.5, 0.6) is 11.5 Å². The van der Waals surface area contributed by atoms with Crippen LogP contribution < -0.4 is 9.47 Å². The van der Waals surface area contributed by atoms with E-state index < -0.39 is 0 Å². The SMILES string of the molecule is COc1c(Cl)cc(OCC=C(Cl)Cl)cc1C1=NOC(CCCO)C1. The molecule has 8 heteroatoms. The number of benzene rings is 1. The maximum atomic E-state index is 8.92. The maximum Gasteiger partial charge on any atom is 0.146 e. The molecule has 1 N–H and O–H groups in total. The van der Waals surface area contributed by atoms with Crippen LogP contribution in [0, 0.1) is 0 Å². The number of hydrogen-bond donors (Lipinski definition) is 1. The van der Waals surface area contributed by atoms with E-state index in [9.17, 15) is 0 Å². The Kier molecular flexibility index (Phi) is 7.49. The van der Waals surface area contributed by atoms with Crippen molar-refractivity contribution in [1.29, 1.82) is 0 Å². The van der Waals surface area contributed by atoms with E-state index in [0.717, 1.165) is 12.1 Å². The predicted molar refractivity (Wildman–Crippen MR) is 95.6 cm³/mol. The summed E-state index contributed by atoms with van der Waals surface area (Å²) in [4.78, 5) is 5.41. The summed E-state index contributed by atoms with van der Waals surface area (Å²) in [6, 6.07) is 3.44. The zero-order valence-corrected chi connectivity index (χ0v) is 15.4. The molecule has 1 aliphatic rings. The summed E-state index contributed by atoms with van der Waals surface area (Å²) in [5.74, 6) is 1.06. The Labute approximate surface area is 155 Å². The minimum absolute atomic E-state index is 0.0572. The van der Waals surface area contributed by atoms with Gasteiger partial charge in [0, 0.05) is 24.7 Å². The molecular weight excluding hydrogens is 377 g/mol. The lowest BCUT2D eigenvalue weighted by atomic mass is 10.0. The van der Waals surface area contributed by atoms with Gasteiger partial charge in [-0.3, -0.25) is 0 Å². The number of aliphatic hydroxyl groups excluding tert-OH is 1. The smallest absolute Gasteiger partial charge is 0.146 e. The Morgan fingerprint density at radius 1 is 1.46 bits per heavy atom. The second-order valence-corrected chi connectivity index (χ2v) is 6.54. The second kappa shape index (κ2) is 9.37. The number of nitrogens with zero attached hydrogens (tertiary/aromatic N) is 1. The van der Waals surface area contributed by atoms with E-state index in [0.29, 0.717) is 34.9 Å². The summed E-state index contributed by atoms with van der Waals surface area (Å²) in [7, 11) is 1.54. The molecule has 0 saturated heterocycles. The molecule has 1 heterocycles. The maximum absolute atomic E-state index is 8.92. The number of halogens is 3. The first-order valence-electron chi connectivity index (χ1n) is 7.40. The van der Waals surface area contributed by atoms with Gasteiger partial charge in [-0.2, -0.15) is 0 Å². The molecule has 0 saturated carbocycles. The average Bonchev–Trinajstić information content (AvgIpc) is 3.00. The van der Waals surface area contributed by atoms with Crippen LogP contribution in [0.1, 0.15) is 24.8 Å². The number of hydrogen-bond acceptors (Lipinski definition) is 5. The minimum Gasteiger partial charge on any atom is -0.494 e. The molecule has 5 nitrogen and oxygen atoms in total. The fourth-order valence-corrected chi connectivity index (χ4v) is 2.75. The topological polar surface area (TPSA) is 60.3 Å². The van der Waals surface area contributed by atoms with Crippen LogP contribution in [0.4, 0.5) is 0 Å². The monoisotopic (exact) mass is 393 g/mol. The second-order valence-electron chi connectivity index (χ2n) is 5.13. The number of methoxy groups -OCH3 is 1. The molecule has 0 aromatic heterocycles. The molecule has 132 valence electrons. The normalized spacial score (nSPS) is 16.4. The molecule has 0 amide bonds. The largest absolute Gasteiger partial charge is 0.494 e. The van der Waals surface area contributed by atoms with Crippen molar-refractivity contribution in [2.75, 3.05) is 20.3 Å². The molecule has 0 radical (unpaired) electrons. The molecule has 24 heavy (non-hydrogen) atoms. The van der Waals surface area contributed by atoms with Gasteiger partial charge in [0.2, 0.25) is 0 Å². The summed E-state index contributed by atoms with van der Waals surface area (Å²) in [6.07, 6.45) is 3.48. The first-order chi connectivity index (χ1) is 11.5. The Balaban J connectivity index is 2.18. The van der Waals surface area contributed by atoms with Crippen molar-refractivity contribution in [3.8, 4) is 11.5 Å². The van der Waals surface area contributed by atoms with Gasteiger partial charge in [0.15, 0.2) is 0 Å². The summed E-state index contributed by atoms with van der Waals surface area (Å²) in [5.41, 5.74) is 1.44. The van der Waals surface area contributed by atoms with Crippen molar-refractivity contribution < 1.29 is 19.4 Å². The number of ether oxygens (including phenoxy) is 2. The first kappa shape index (κ1) is 19.2. The van der Waals surface area contributed by atoms with Gasteiger partial charge in [-0.05, 0) is 25.0 Å². The van der Waals surface area contributed by atoms with Crippen LogP contribution in [0.2, 0.25) is 5.02 Å². The average molecular weight is 395 g/mol. The zero-order valence-electron chi connectivity index (χ0n) is 13.1. The van der Waals surface area contributed by atoms with Gasteiger partial charge in [-0.1, -0.05) is 40.0 Å². The van der Waals surface area contributed by atoms with Crippen LogP contribution in [-0.4, -0.2) is 37.2 Å². The highest BCUT2D eigenvalue weighted by molar-refractivity contribution is 6.55. The molecule has 1 aromatic carbocycles. The molecular formula is C16H18Cl3NO4. The molecule has 0 fully saturated rings. The quantitative estimate of drug-likeness (QED) is 0.713. The number of rotatable bonds is 8. The standard InChI is InChI=1S/C16H18Cl3NO4/c1-22-16-12(14-9-10(24-20-14)3-2-5-21)7-11(8-13(16)17)23-6-4-15(18)19/h4,7-8,10,21H,2-3,5-6,9H2,1H3. The summed E-state index contributed by atoms with van der Waals surface area (Å²) >= 11 is 17.4. The molecule has 0 bridgehead atoms. The van der Waals surface area contributed by atoms with Gasteiger partial charge in [-0.15, -0.1) is 0 Å². The van der Waals surface area contributed by atoms with E-state index in [1.54, 1.807) is 19.2 Å². The molecule has 1 atom stereocenters. The molecule has 1 unspecified atom stereocenters. The van der Waals surface area contributed by atoms with Crippen LogP contribution >= 0.6 is 34.8 Å². The molecule has 0 aliphatic carbocycles. The Hall–Kier alpha value is -1.14. The van der Waals surface area contributed by atoms with Crippen molar-refractivity contribution in [3.63, 3.8) is 0 Å². The number of oxime groups is 1. The summed E-state index contributed by atoms with van der Waals surface area (Å²) in [5, 5.41) is 13.5. The fraction of sp³-hybridized carbons (Fsp3) is 0.438. The number of aliphatic hydroxyl groups is 1. The third kappa shape index (κ3) is 5.18. The van der Waals surface area contributed by atoms with E-state index in [1.807, 2.05) is 0 Å². The van der Waals surface area contributed by atoms with Crippen molar-refractivity contribution in [2.24, 2.45) is 5.16 Å². The highest BCUT2D eigenvalue weighted by Gasteiger charge is 2.25. The lowest BCUT2D eigenvalue weighted by molar-refractivity contribution is 0.0732. The van der Waals surface area contributed by atoms with Crippen LogP contribution in [-0.2, 0) is 4.84 Å². The lowest BCUT2D eigenvalue weighted by Crippen LogP contribution is -2.10. The Morgan fingerprint density at radius 2 is 2.25 bits per heavy atom. The highest BCUT2D eigenvalue weighted by atomic mass is 35.5. The van der Waals surface area contributed by atoms with E-state index in [2.05, 4.69) is 5.16 Å². The van der Waals surface area contributed by atoms with Crippen LogP contribution in [0.25, 0.3) is 0 Å². The molecule has 1 aromatic rings. The van der Waals surface area contributed by atoms with Gasteiger partial charge in [0.25, 0.3) is 0 Å². The van der Waals surface area contributed by atoms with E-state index in [1.165, 1.54) is 6.08 Å². The van der Waals surface area contributed by atoms with E-state index in [4.69, 9.17) is 54.2 Å². The zero-order chi connectivity index (χ0) is 17.5. The minimum atomic E-state index is -0.0572. The Morgan fingerprint density at radius 3 is 2.92 bits per heavy atom. The highest BCUT2D eigenvalue weighted by Crippen LogP contribution is 2.36. The molecule has 1 aliphatic heterocycles. The van der Waals surface area contributed by atoms with Crippen molar-refractivity contribution in [3.05, 3.63) is 33.3 Å². The lowest BCUT2D eigenvalue weighted by Gasteiger charge is -2.13. The fourth-order valence-electron chi connectivity index (χ4n) is 2.34. The van der Waals surface area contributed by atoms with Crippen LogP contribution in [0.3, 0.4) is 0 Å². The van der Waals surface area contributed by atoms with E-state index >= 15 is 0 Å². The third-order valence-electron chi connectivity index (χ3n) is 3.44. The van der Waals surface area contributed by atoms with Crippen molar-refractivity contribution in [1.82, 2.24) is 0 Å². The van der Waals surface area contributed by atoms with Crippen molar-refractivity contribution in [2.45, 2.75) is 25.4 Å². The summed E-state index contributed by atoms with van der Waals surface area (Å²) < 4.78 is 11.1. The van der Waals surface area contributed by atoms with Gasteiger partial charge < -0.3 is 19.4 Å². The van der Waals surface area contributed by atoms with E-state index in [-0.39, 0.29) is 23.8 Å². The first-order valence-corrected chi connectivity index (χ1v) is 8.54. The predicted octanol–water partition coefficient (Wildman–Crippen LogP) is 4.31. The molecule has 2 rings (SSSR count). The van der Waals surface area contributed by atoms with Crippen molar-refractivity contribution >= 4 is 40.5 Å². The Bertz CT molecular complexity index is 630. The van der Waals surface area contributed by atoms with Gasteiger partial charge in [0.1, 0.15) is 28.7 Å². The third-order valence-corrected chi connectivity index (χ3v) is 4.03. The van der Waals surface area contributed by atoms with Gasteiger partial charge in [-0.25, -0.2) is 0 Å².